The molecule has 0 N–H and O–H groups in total. The van der Waals surface area contributed by atoms with Crippen molar-refractivity contribution in [1.29, 1.82) is 0 Å². The lowest BCUT2D eigenvalue weighted by molar-refractivity contribution is -0.150. The number of carbonyl (C=O) groups excluding carboxylic acids is 2. The third-order valence-electron chi connectivity index (χ3n) is 10.0. The Hall–Kier alpha value is -1.10. The van der Waals surface area contributed by atoms with Crippen LogP contribution in [0.4, 0.5) is 0 Å². The average Bonchev–Trinajstić information content (AvgIpc) is 3.06. The molecule has 0 bridgehead atoms. The van der Waals surface area contributed by atoms with E-state index in [9.17, 15) is 9.59 Å². The molecular weight excluding hydrogens is 594 g/mol. The molecule has 0 radical (unpaired) electrons. The summed E-state index contributed by atoms with van der Waals surface area (Å²) in [6, 6.07) is 0. The van der Waals surface area contributed by atoms with Crippen molar-refractivity contribution in [1.82, 2.24) is 4.90 Å². The van der Waals surface area contributed by atoms with Crippen LogP contribution in [0.25, 0.3) is 0 Å². The third kappa shape index (κ3) is 34.8. The first-order valence-electron chi connectivity index (χ1n) is 21.4. The van der Waals surface area contributed by atoms with Crippen LogP contribution >= 0.6 is 0 Å². The van der Waals surface area contributed by atoms with Gasteiger partial charge in [0.15, 0.2) is 0 Å². The fourth-order valence-corrected chi connectivity index (χ4v) is 6.86. The van der Waals surface area contributed by atoms with Crippen LogP contribution < -0.4 is 0 Å². The van der Waals surface area contributed by atoms with Gasteiger partial charge in [-0.05, 0) is 77.9 Å². The third-order valence-corrected chi connectivity index (χ3v) is 10.0. The van der Waals surface area contributed by atoms with E-state index in [1.165, 1.54) is 148 Å². The van der Waals surface area contributed by atoms with Crippen LogP contribution in [0, 0.1) is 5.92 Å². The quantitative estimate of drug-likeness (QED) is 0.0480. The first kappa shape index (κ1) is 46.9. The molecule has 1 atom stereocenters. The monoisotopic (exact) mass is 680 g/mol. The van der Waals surface area contributed by atoms with Crippen LogP contribution in [0.1, 0.15) is 226 Å². The number of ether oxygens (including phenoxy) is 2. The van der Waals surface area contributed by atoms with Crippen molar-refractivity contribution in [3.8, 4) is 0 Å². The lowest BCUT2D eigenvalue weighted by Crippen LogP contribution is -2.20. The van der Waals surface area contributed by atoms with Crippen molar-refractivity contribution in [2.24, 2.45) is 5.92 Å². The van der Waals surface area contributed by atoms with Crippen LogP contribution in [0.3, 0.4) is 0 Å². The average molecular weight is 680 g/mol. The molecule has 0 heterocycles. The van der Waals surface area contributed by atoms with Crippen molar-refractivity contribution in [2.45, 2.75) is 232 Å². The summed E-state index contributed by atoms with van der Waals surface area (Å²) < 4.78 is 11.6. The molecule has 0 saturated heterocycles. The van der Waals surface area contributed by atoms with Gasteiger partial charge in [-0.2, -0.15) is 0 Å². The van der Waals surface area contributed by atoms with Crippen LogP contribution in [-0.4, -0.2) is 50.2 Å². The fourth-order valence-electron chi connectivity index (χ4n) is 6.86. The minimum atomic E-state index is -0.0714. The zero-order chi connectivity index (χ0) is 35.3. The van der Waals surface area contributed by atoms with Crippen LogP contribution in [0.15, 0.2) is 0 Å². The minimum absolute atomic E-state index is 0.0199. The van der Waals surface area contributed by atoms with Gasteiger partial charge in [0.05, 0.1) is 6.61 Å². The standard InChI is InChI=1S/C43H85NO4/c1-6-9-12-15-17-19-22-24-31-40(32-25-23-20-18-16-13-10-7-2)33-30-39-47-42(45)36-28-27-35-41(34-26-21-14-11-8-3)48-43(46)37-29-38-44(4)5/h40-41H,6-39H2,1-5H3. The molecule has 48 heavy (non-hydrogen) atoms. The number of hydrogen-bond donors (Lipinski definition) is 0. The predicted octanol–water partition coefficient (Wildman–Crippen LogP) is 13.2. The Balaban J connectivity index is 4.39. The normalized spacial score (nSPS) is 12.2. The Morgan fingerprint density at radius 2 is 0.854 bits per heavy atom. The number of nitrogens with zero attached hydrogens (tertiary/aromatic N) is 1. The van der Waals surface area contributed by atoms with Crippen molar-refractivity contribution in [3.63, 3.8) is 0 Å². The highest BCUT2D eigenvalue weighted by molar-refractivity contribution is 5.69. The van der Waals surface area contributed by atoms with Gasteiger partial charge in [-0.15, -0.1) is 0 Å². The van der Waals surface area contributed by atoms with E-state index in [1.54, 1.807) is 0 Å². The first-order chi connectivity index (χ1) is 23.4. The molecule has 0 saturated carbocycles. The van der Waals surface area contributed by atoms with Gasteiger partial charge in [0.25, 0.3) is 0 Å². The van der Waals surface area contributed by atoms with Gasteiger partial charge < -0.3 is 14.4 Å². The molecule has 0 aromatic rings. The molecule has 0 rings (SSSR count). The molecule has 0 aliphatic rings. The lowest BCUT2D eigenvalue weighted by Gasteiger charge is -2.18. The van der Waals surface area contributed by atoms with E-state index < -0.39 is 0 Å². The molecule has 0 aromatic heterocycles. The molecular formula is C43H85NO4. The van der Waals surface area contributed by atoms with Crippen LogP contribution in [-0.2, 0) is 19.1 Å². The molecule has 0 spiro atoms. The Morgan fingerprint density at radius 3 is 1.33 bits per heavy atom. The number of carbonyl (C=O) groups is 2. The largest absolute Gasteiger partial charge is 0.466 e. The highest BCUT2D eigenvalue weighted by Crippen LogP contribution is 2.24. The molecule has 0 amide bonds. The summed E-state index contributed by atoms with van der Waals surface area (Å²) in [7, 11) is 4.06. The van der Waals surface area contributed by atoms with Gasteiger partial charge in [0, 0.05) is 12.8 Å². The minimum Gasteiger partial charge on any atom is -0.466 e. The highest BCUT2D eigenvalue weighted by atomic mass is 16.5. The molecule has 0 fully saturated rings. The number of esters is 2. The fraction of sp³-hybridized carbons (Fsp3) is 0.953. The predicted molar refractivity (Wildman–Crippen MR) is 208 cm³/mol. The van der Waals surface area contributed by atoms with Crippen LogP contribution in [0.5, 0.6) is 0 Å². The van der Waals surface area contributed by atoms with Crippen molar-refractivity contribution in [2.75, 3.05) is 27.2 Å². The Morgan fingerprint density at radius 1 is 0.458 bits per heavy atom. The van der Waals surface area contributed by atoms with Gasteiger partial charge in [-0.1, -0.05) is 162 Å². The van der Waals surface area contributed by atoms with E-state index in [4.69, 9.17) is 9.47 Å². The summed E-state index contributed by atoms with van der Waals surface area (Å²) >= 11 is 0. The van der Waals surface area contributed by atoms with E-state index in [-0.39, 0.29) is 18.0 Å². The van der Waals surface area contributed by atoms with Gasteiger partial charge >= 0.3 is 11.9 Å². The maximum absolute atomic E-state index is 12.5. The van der Waals surface area contributed by atoms with Gasteiger partial charge in [0.2, 0.25) is 0 Å². The Bertz CT molecular complexity index is 662. The van der Waals surface area contributed by atoms with E-state index >= 15 is 0 Å². The maximum Gasteiger partial charge on any atom is 0.306 e. The Labute approximate surface area is 300 Å². The van der Waals surface area contributed by atoms with Crippen LogP contribution in [0.2, 0.25) is 0 Å². The van der Waals surface area contributed by atoms with Gasteiger partial charge in [-0.25, -0.2) is 0 Å². The molecule has 1 unspecified atom stereocenters. The number of rotatable bonds is 38. The second-order valence-electron chi connectivity index (χ2n) is 15.2. The van der Waals surface area contributed by atoms with Crippen molar-refractivity contribution in [3.05, 3.63) is 0 Å². The molecule has 0 aliphatic heterocycles. The smallest absolute Gasteiger partial charge is 0.306 e. The summed E-state index contributed by atoms with van der Waals surface area (Å²) in [6.45, 7) is 8.28. The SMILES string of the molecule is CCCCCCCCCCC(CCCCCCCCCC)CCCOC(=O)CCCCC(CCCCCCC)OC(=O)CCCN(C)C. The van der Waals surface area contributed by atoms with E-state index in [2.05, 4.69) is 25.7 Å². The summed E-state index contributed by atoms with van der Waals surface area (Å²) in [5.41, 5.74) is 0. The second-order valence-corrected chi connectivity index (χ2v) is 15.2. The summed E-state index contributed by atoms with van der Waals surface area (Å²) in [5.74, 6) is 0.654. The summed E-state index contributed by atoms with van der Waals surface area (Å²) in [6.07, 6.45) is 38.4. The zero-order valence-electron chi connectivity index (χ0n) is 33.3. The summed E-state index contributed by atoms with van der Waals surface area (Å²) in [5, 5.41) is 0. The maximum atomic E-state index is 12.5. The Kier molecular flexibility index (Phi) is 36.3. The number of unbranched alkanes of at least 4 members (excludes halogenated alkanes) is 19. The van der Waals surface area contributed by atoms with Gasteiger partial charge in [0.1, 0.15) is 6.10 Å². The van der Waals surface area contributed by atoms with Gasteiger partial charge in [-0.3, -0.25) is 9.59 Å². The van der Waals surface area contributed by atoms with Crippen molar-refractivity contribution < 1.29 is 19.1 Å². The summed E-state index contributed by atoms with van der Waals surface area (Å²) in [4.78, 5) is 27.1. The number of hydrogen-bond acceptors (Lipinski definition) is 5. The molecule has 0 aliphatic carbocycles. The highest BCUT2D eigenvalue weighted by Gasteiger charge is 2.15. The lowest BCUT2D eigenvalue weighted by atomic mass is 9.90. The zero-order valence-corrected chi connectivity index (χ0v) is 33.3. The molecule has 286 valence electrons. The topological polar surface area (TPSA) is 55.8 Å². The first-order valence-corrected chi connectivity index (χ1v) is 21.4. The molecule has 0 aromatic carbocycles. The van der Waals surface area contributed by atoms with E-state index in [0.717, 1.165) is 57.4 Å². The van der Waals surface area contributed by atoms with Crippen molar-refractivity contribution >= 4 is 11.9 Å². The molecule has 5 heteroatoms. The second kappa shape index (κ2) is 37.2. The van der Waals surface area contributed by atoms with E-state index in [1.807, 2.05) is 14.1 Å². The van der Waals surface area contributed by atoms with E-state index in [0.29, 0.717) is 19.4 Å². The molecule has 5 nitrogen and oxygen atoms in total.